The van der Waals surface area contributed by atoms with Gasteiger partial charge in [-0.3, -0.25) is 9.59 Å². The minimum atomic E-state index is 0.0136. The maximum absolute atomic E-state index is 12.7. The zero-order valence-corrected chi connectivity index (χ0v) is 22.5. The molecule has 40 heavy (non-hydrogen) atoms. The van der Waals surface area contributed by atoms with Crippen LogP contribution in [0.15, 0.2) is 109 Å². The summed E-state index contributed by atoms with van der Waals surface area (Å²) in [4.78, 5) is 25.4. The van der Waals surface area contributed by atoms with Gasteiger partial charge in [-0.1, -0.05) is 97.1 Å². The van der Waals surface area contributed by atoms with E-state index >= 15 is 0 Å². The number of carbonyl (C=O) groups is 2. The topological polar surface area (TPSA) is 58.2 Å². The summed E-state index contributed by atoms with van der Waals surface area (Å²) in [6, 6.07) is 37.6. The van der Waals surface area contributed by atoms with Gasteiger partial charge in [-0.15, -0.1) is 0 Å². The van der Waals surface area contributed by atoms with Crippen LogP contribution in [0.25, 0.3) is 43.1 Å². The molecule has 0 saturated carbocycles. The van der Waals surface area contributed by atoms with E-state index in [9.17, 15) is 9.59 Å². The first kappa shape index (κ1) is 25.6. The molecule has 4 heteroatoms. The normalized spacial score (nSPS) is 11.3. The molecule has 0 bridgehead atoms. The Bertz CT molecular complexity index is 1610. The Hall–Kier alpha value is -4.70. The highest BCUT2D eigenvalue weighted by molar-refractivity contribution is 6.03. The lowest BCUT2D eigenvalue weighted by Gasteiger charge is -2.13. The summed E-state index contributed by atoms with van der Waals surface area (Å²) in [7, 11) is 0. The maximum atomic E-state index is 12.7. The van der Waals surface area contributed by atoms with Crippen LogP contribution in [0.2, 0.25) is 0 Å². The lowest BCUT2D eigenvalue weighted by Crippen LogP contribution is -2.24. The first-order valence-electron chi connectivity index (χ1n) is 14.0. The number of benzene rings is 6. The SMILES string of the molecule is O=C(CCCCC(=O)NCc1c2ccccc2cc2ccccc12)NCc1c2ccccc2cc2ccccc12. The molecule has 6 aromatic rings. The highest BCUT2D eigenvalue weighted by Gasteiger charge is 2.11. The molecule has 0 aliphatic heterocycles. The monoisotopic (exact) mass is 524 g/mol. The Morgan fingerprint density at radius 1 is 0.450 bits per heavy atom. The van der Waals surface area contributed by atoms with Crippen LogP contribution in [0.3, 0.4) is 0 Å². The largest absolute Gasteiger partial charge is 0.352 e. The highest BCUT2D eigenvalue weighted by atomic mass is 16.2. The van der Waals surface area contributed by atoms with Gasteiger partial charge in [-0.2, -0.15) is 0 Å². The molecule has 0 aliphatic rings. The molecule has 4 nitrogen and oxygen atoms in total. The summed E-state index contributed by atoms with van der Waals surface area (Å²) in [6.07, 6.45) is 2.16. The molecule has 0 fully saturated rings. The van der Waals surface area contributed by atoms with Crippen LogP contribution >= 0.6 is 0 Å². The number of hydrogen-bond donors (Lipinski definition) is 2. The Morgan fingerprint density at radius 2 is 0.750 bits per heavy atom. The van der Waals surface area contributed by atoms with Crippen molar-refractivity contribution in [3.8, 4) is 0 Å². The van der Waals surface area contributed by atoms with Gasteiger partial charge in [0, 0.05) is 25.9 Å². The quantitative estimate of drug-likeness (QED) is 0.150. The molecule has 0 aromatic heterocycles. The van der Waals surface area contributed by atoms with Crippen molar-refractivity contribution in [3.05, 3.63) is 120 Å². The maximum Gasteiger partial charge on any atom is 0.220 e. The average molecular weight is 525 g/mol. The third kappa shape index (κ3) is 5.39. The molecule has 0 unspecified atom stereocenters. The van der Waals surface area contributed by atoms with Crippen molar-refractivity contribution in [1.29, 1.82) is 0 Å². The zero-order valence-electron chi connectivity index (χ0n) is 22.5. The van der Waals surface area contributed by atoms with Gasteiger partial charge in [-0.05, 0) is 79.2 Å². The molecule has 6 aromatic carbocycles. The smallest absolute Gasteiger partial charge is 0.220 e. The van der Waals surface area contributed by atoms with E-state index in [1.165, 1.54) is 21.5 Å². The van der Waals surface area contributed by atoms with Gasteiger partial charge >= 0.3 is 0 Å². The minimum Gasteiger partial charge on any atom is -0.352 e. The number of fused-ring (bicyclic) bond motifs is 4. The van der Waals surface area contributed by atoms with E-state index in [2.05, 4.69) is 71.3 Å². The number of nitrogens with one attached hydrogen (secondary N) is 2. The molecule has 198 valence electrons. The molecule has 0 spiro atoms. The predicted octanol–water partition coefficient (Wildman–Crippen LogP) is 7.79. The molecular weight excluding hydrogens is 492 g/mol. The lowest BCUT2D eigenvalue weighted by atomic mass is 9.96. The summed E-state index contributed by atoms with van der Waals surface area (Å²) >= 11 is 0. The molecule has 0 radical (unpaired) electrons. The van der Waals surface area contributed by atoms with Crippen molar-refractivity contribution in [2.45, 2.75) is 38.8 Å². The Kier molecular flexibility index (Phi) is 7.41. The first-order chi connectivity index (χ1) is 19.7. The van der Waals surface area contributed by atoms with Crippen molar-refractivity contribution in [2.24, 2.45) is 0 Å². The second-order valence-electron chi connectivity index (χ2n) is 10.4. The predicted molar refractivity (Wildman–Crippen MR) is 165 cm³/mol. The van der Waals surface area contributed by atoms with E-state index in [1.807, 2.05) is 48.5 Å². The summed E-state index contributed by atoms with van der Waals surface area (Å²) in [5, 5.41) is 15.6. The fourth-order valence-electron chi connectivity index (χ4n) is 5.72. The Morgan fingerprint density at radius 3 is 1.07 bits per heavy atom. The van der Waals surface area contributed by atoms with E-state index in [-0.39, 0.29) is 11.8 Å². The molecule has 0 saturated heterocycles. The molecule has 2 N–H and O–H groups in total. The van der Waals surface area contributed by atoms with Crippen LogP contribution in [0.1, 0.15) is 36.8 Å². The van der Waals surface area contributed by atoms with Crippen LogP contribution in [0.5, 0.6) is 0 Å². The van der Waals surface area contributed by atoms with Crippen LogP contribution in [0.4, 0.5) is 0 Å². The summed E-state index contributed by atoms with van der Waals surface area (Å²) in [6.45, 7) is 0.973. The van der Waals surface area contributed by atoms with Crippen LogP contribution < -0.4 is 10.6 Å². The standard InChI is InChI=1S/C36H32N2O2/c39-35(37-23-33-29-15-5-1-11-25(29)21-26-12-2-6-16-30(26)33)19-9-10-20-36(40)38-24-34-31-17-7-3-13-27(31)22-28-14-4-8-18-32(28)34/h1-8,11-18,21-22H,9-10,19-20,23-24H2,(H,37,39)(H,38,40). The molecule has 6 rings (SSSR count). The van der Waals surface area contributed by atoms with E-state index in [0.717, 1.165) is 32.7 Å². The Balaban J connectivity index is 1.02. The van der Waals surface area contributed by atoms with E-state index in [0.29, 0.717) is 38.8 Å². The van der Waals surface area contributed by atoms with Crippen molar-refractivity contribution in [3.63, 3.8) is 0 Å². The van der Waals surface area contributed by atoms with E-state index in [4.69, 9.17) is 0 Å². The second-order valence-corrected chi connectivity index (χ2v) is 10.4. The molecule has 2 amide bonds. The lowest BCUT2D eigenvalue weighted by molar-refractivity contribution is -0.123. The zero-order chi connectivity index (χ0) is 27.3. The van der Waals surface area contributed by atoms with Crippen LogP contribution in [-0.2, 0) is 22.7 Å². The van der Waals surface area contributed by atoms with Gasteiger partial charge in [0.15, 0.2) is 0 Å². The number of hydrogen-bond acceptors (Lipinski definition) is 2. The van der Waals surface area contributed by atoms with Gasteiger partial charge in [0.05, 0.1) is 0 Å². The molecule has 0 aliphatic carbocycles. The summed E-state index contributed by atoms with van der Waals surface area (Å²) in [5.41, 5.74) is 2.28. The van der Waals surface area contributed by atoms with Crippen molar-refractivity contribution in [1.82, 2.24) is 10.6 Å². The summed E-state index contributed by atoms with van der Waals surface area (Å²) in [5.74, 6) is 0.0271. The molecule has 0 heterocycles. The number of rotatable bonds is 9. The average Bonchev–Trinajstić information content (AvgIpc) is 2.99. The van der Waals surface area contributed by atoms with Gasteiger partial charge in [-0.25, -0.2) is 0 Å². The first-order valence-corrected chi connectivity index (χ1v) is 14.0. The fraction of sp³-hybridized carbons (Fsp3) is 0.167. The minimum absolute atomic E-state index is 0.0136. The third-order valence-electron chi connectivity index (χ3n) is 7.75. The van der Waals surface area contributed by atoms with Gasteiger partial charge < -0.3 is 10.6 Å². The second kappa shape index (κ2) is 11.6. The summed E-state index contributed by atoms with van der Waals surface area (Å²) < 4.78 is 0. The molecular formula is C36H32N2O2. The number of amides is 2. The van der Waals surface area contributed by atoms with E-state index < -0.39 is 0 Å². The van der Waals surface area contributed by atoms with Gasteiger partial charge in [0.1, 0.15) is 0 Å². The third-order valence-corrected chi connectivity index (χ3v) is 7.75. The highest BCUT2D eigenvalue weighted by Crippen LogP contribution is 2.29. The van der Waals surface area contributed by atoms with Gasteiger partial charge in [0.2, 0.25) is 11.8 Å². The van der Waals surface area contributed by atoms with Crippen molar-refractivity contribution >= 4 is 54.9 Å². The van der Waals surface area contributed by atoms with Crippen molar-refractivity contribution in [2.75, 3.05) is 0 Å². The molecule has 0 atom stereocenters. The number of unbranched alkanes of at least 4 members (excludes halogenated alkanes) is 1. The fourth-order valence-corrected chi connectivity index (χ4v) is 5.72. The van der Waals surface area contributed by atoms with Crippen molar-refractivity contribution < 1.29 is 9.59 Å². The van der Waals surface area contributed by atoms with Crippen LogP contribution in [0, 0.1) is 0 Å². The van der Waals surface area contributed by atoms with Crippen LogP contribution in [-0.4, -0.2) is 11.8 Å². The number of carbonyl (C=O) groups excluding carboxylic acids is 2. The van der Waals surface area contributed by atoms with Gasteiger partial charge in [0.25, 0.3) is 0 Å². The Labute approximate surface area is 234 Å². The van der Waals surface area contributed by atoms with E-state index in [1.54, 1.807) is 0 Å².